The normalized spacial score (nSPS) is 11.3. The first-order chi connectivity index (χ1) is 8.66. The van der Waals surface area contributed by atoms with Crippen LogP contribution in [0.4, 0.5) is 0 Å². The molecule has 18 heavy (non-hydrogen) atoms. The summed E-state index contributed by atoms with van der Waals surface area (Å²) in [5.41, 5.74) is 3.41. The quantitative estimate of drug-likeness (QED) is 0.641. The molecule has 0 saturated carbocycles. The number of amides is 1. The van der Waals surface area contributed by atoms with Crippen molar-refractivity contribution in [2.45, 2.75) is 6.92 Å². The summed E-state index contributed by atoms with van der Waals surface area (Å²) in [5.74, 6) is 0.365. The Labute approximate surface area is 104 Å². The van der Waals surface area contributed by atoms with E-state index in [4.69, 9.17) is 9.52 Å². The van der Waals surface area contributed by atoms with Gasteiger partial charge >= 0.3 is 0 Å². The highest BCUT2D eigenvalue weighted by Gasteiger charge is 2.05. The minimum atomic E-state index is -0.346. The van der Waals surface area contributed by atoms with Gasteiger partial charge in [0.15, 0.2) is 0 Å². The molecule has 0 fully saturated rings. The minimum Gasteiger partial charge on any atom is -0.508 e. The molecular formula is C13H12N2O3. The van der Waals surface area contributed by atoms with Crippen molar-refractivity contribution in [2.24, 2.45) is 5.10 Å². The highest BCUT2D eigenvalue weighted by molar-refractivity contribution is 5.99. The summed E-state index contributed by atoms with van der Waals surface area (Å²) in [6.07, 6.45) is 1.54. The van der Waals surface area contributed by atoms with Crippen LogP contribution >= 0.6 is 0 Å². The number of phenolic OH excluding ortho intramolecular Hbond substituents is 1. The van der Waals surface area contributed by atoms with E-state index in [0.29, 0.717) is 17.0 Å². The van der Waals surface area contributed by atoms with E-state index in [1.165, 1.54) is 30.5 Å². The van der Waals surface area contributed by atoms with E-state index in [0.717, 1.165) is 0 Å². The molecule has 0 spiro atoms. The first kappa shape index (κ1) is 11.9. The number of nitrogens with zero attached hydrogens (tertiary/aromatic N) is 1. The average molecular weight is 244 g/mol. The van der Waals surface area contributed by atoms with Crippen LogP contribution in [0.3, 0.4) is 0 Å². The molecule has 1 heterocycles. The van der Waals surface area contributed by atoms with E-state index >= 15 is 0 Å². The van der Waals surface area contributed by atoms with E-state index in [1.807, 2.05) is 0 Å². The summed E-state index contributed by atoms with van der Waals surface area (Å²) in [6.45, 7) is 1.73. The van der Waals surface area contributed by atoms with Crippen molar-refractivity contribution in [1.29, 1.82) is 0 Å². The molecule has 2 N–H and O–H groups in total. The molecule has 0 atom stereocenters. The molecule has 0 aliphatic heterocycles. The Morgan fingerprint density at radius 1 is 1.28 bits per heavy atom. The van der Waals surface area contributed by atoms with Crippen LogP contribution in [-0.4, -0.2) is 16.7 Å². The highest BCUT2D eigenvalue weighted by Crippen LogP contribution is 2.09. The first-order valence-corrected chi connectivity index (χ1v) is 5.34. The fraction of sp³-hybridized carbons (Fsp3) is 0.0769. The average Bonchev–Trinajstić information content (AvgIpc) is 2.90. The number of aromatic hydroxyl groups is 1. The van der Waals surface area contributed by atoms with Crippen LogP contribution in [0.15, 0.2) is 52.2 Å². The molecule has 1 aromatic heterocycles. The largest absolute Gasteiger partial charge is 0.508 e. The van der Waals surface area contributed by atoms with Crippen LogP contribution in [0.25, 0.3) is 0 Å². The van der Waals surface area contributed by atoms with E-state index in [-0.39, 0.29) is 11.7 Å². The van der Waals surface area contributed by atoms with Gasteiger partial charge < -0.3 is 9.52 Å². The predicted octanol–water partition coefficient (Wildman–Crippen LogP) is 2.14. The van der Waals surface area contributed by atoms with Gasteiger partial charge in [-0.1, -0.05) is 0 Å². The molecule has 0 unspecified atom stereocenters. The van der Waals surface area contributed by atoms with E-state index in [1.54, 1.807) is 19.1 Å². The van der Waals surface area contributed by atoms with E-state index in [2.05, 4.69) is 10.5 Å². The van der Waals surface area contributed by atoms with Gasteiger partial charge in [0.05, 0.1) is 6.26 Å². The van der Waals surface area contributed by atoms with Crippen molar-refractivity contribution < 1.29 is 14.3 Å². The summed E-state index contributed by atoms with van der Waals surface area (Å²) < 4.78 is 5.13. The summed E-state index contributed by atoms with van der Waals surface area (Å²) >= 11 is 0. The van der Waals surface area contributed by atoms with Gasteiger partial charge in [0.2, 0.25) is 0 Å². The zero-order valence-electron chi connectivity index (χ0n) is 9.75. The number of hydrogen-bond acceptors (Lipinski definition) is 4. The van der Waals surface area contributed by atoms with Crippen molar-refractivity contribution in [2.75, 3.05) is 0 Å². The fourth-order valence-corrected chi connectivity index (χ4v) is 1.35. The molecule has 0 radical (unpaired) electrons. The van der Waals surface area contributed by atoms with Gasteiger partial charge in [0.25, 0.3) is 5.91 Å². The maximum Gasteiger partial charge on any atom is 0.271 e. The van der Waals surface area contributed by atoms with Crippen molar-refractivity contribution in [1.82, 2.24) is 5.43 Å². The Bertz CT molecular complexity index is 556. The van der Waals surface area contributed by atoms with Crippen molar-refractivity contribution in [3.63, 3.8) is 0 Å². The second-order valence-electron chi connectivity index (χ2n) is 3.66. The van der Waals surface area contributed by atoms with Crippen LogP contribution in [0, 0.1) is 0 Å². The number of hydrogen-bond donors (Lipinski definition) is 2. The van der Waals surface area contributed by atoms with Gasteiger partial charge in [-0.05, 0) is 43.3 Å². The van der Waals surface area contributed by atoms with Crippen LogP contribution < -0.4 is 5.43 Å². The monoisotopic (exact) mass is 244 g/mol. The number of nitrogens with one attached hydrogen (secondary N) is 1. The van der Waals surface area contributed by atoms with Crippen LogP contribution in [0.5, 0.6) is 5.75 Å². The Kier molecular flexibility index (Phi) is 3.43. The third-order valence-electron chi connectivity index (χ3n) is 2.33. The smallest absolute Gasteiger partial charge is 0.271 e. The molecule has 92 valence electrons. The zero-order valence-corrected chi connectivity index (χ0v) is 9.75. The number of furan rings is 1. The van der Waals surface area contributed by atoms with Gasteiger partial charge in [-0.3, -0.25) is 4.79 Å². The molecule has 5 nitrogen and oxygen atoms in total. The van der Waals surface area contributed by atoms with Gasteiger partial charge in [0, 0.05) is 5.56 Å². The Hall–Kier alpha value is -2.56. The summed E-state index contributed by atoms with van der Waals surface area (Å²) in [5, 5.41) is 13.0. The third-order valence-corrected chi connectivity index (χ3v) is 2.33. The maximum atomic E-state index is 11.7. The Morgan fingerprint density at radius 2 is 2.00 bits per heavy atom. The molecule has 0 saturated heterocycles. The van der Waals surface area contributed by atoms with Gasteiger partial charge in [-0.25, -0.2) is 5.43 Å². The SMILES string of the molecule is CC(=NNC(=O)c1ccc(O)cc1)c1ccco1. The second-order valence-corrected chi connectivity index (χ2v) is 3.66. The number of phenols is 1. The number of benzene rings is 1. The standard InChI is InChI=1S/C13H12N2O3/c1-9(12-3-2-8-18-12)14-15-13(17)10-4-6-11(16)7-5-10/h2-8,16H,1H3,(H,15,17). The predicted molar refractivity (Wildman–Crippen MR) is 66.5 cm³/mol. The van der Waals surface area contributed by atoms with E-state index in [9.17, 15) is 4.79 Å². The van der Waals surface area contributed by atoms with Crippen molar-refractivity contribution >= 4 is 11.6 Å². The molecule has 1 amide bonds. The van der Waals surface area contributed by atoms with Crippen LogP contribution in [-0.2, 0) is 0 Å². The molecule has 0 aliphatic carbocycles. The molecule has 2 aromatic rings. The van der Waals surface area contributed by atoms with E-state index < -0.39 is 0 Å². The first-order valence-electron chi connectivity index (χ1n) is 5.34. The zero-order chi connectivity index (χ0) is 13.0. The van der Waals surface area contributed by atoms with Crippen molar-refractivity contribution in [3.8, 4) is 5.75 Å². The molecule has 0 aliphatic rings. The molecule has 2 rings (SSSR count). The van der Waals surface area contributed by atoms with Gasteiger partial charge in [0.1, 0.15) is 17.2 Å². The topological polar surface area (TPSA) is 74.8 Å². The summed E-state index contributed by atoms with van der Waals surface area (Å²) in [4.78, 5) is 11.7. The maximum absolute atomic E-state index is 11.7. The van der Waals surface area contributed by atoms with Crippen molar-refractivity contribution in [3.05, 3.63) is 54.0 Å². The number of rotatable bonds is 3. The van der Waals surface area contributed by atoms with Crippen LogP contribution in [0.1, 0.15) is 23.0 Å². The minimum absolute atomic E-state index is 0.113. The molecule has 5 heteroatoms. The second kappa shape index (κ2) is 5.18. The molecular weight excluding hydrogens is 232 g/mol. The van der Waals surface area contributed by atoms with Gasteiger partial charge in [-0.15, -0.1) is 0 Å². The lowest BCUT2D eigenvalue weighted by molar-refractivity contribution is 0.0955. The van der Waals surface area contributed by atoms with Crippen LogP contribution in [0.2, 0.25) is 0 Å². The lowest BCUT2D eigenvalue weighted by atomic mass is 10.2. The number of hydrazone groups is 1. The molecule has 1 aromatic carbocycles. The Morgan fingerprint density at radius 3 is 2.61 bits per heavy atom. The lowest BCUT2D eigenvalue weighted by Gasteiger charge is -2.01. The number of carbonyl (C=O) groups excluding carboxylic acids is 1. The fourth-order valence-electron chi connectivity index (χ4n) is 1.35. The van der Waals surface area contributed by atoms with Gasteiger partial charge in [-0.2, -0.15) is 5.10 Å². The third kappa shape index (κ3) is 2.76. The number of carbonyl (C=O) groups is 1. The Balaban J connectivity index is 2.04. The molecule has 0 bridgehead atoms. The summed E-state index contributed by atoms with van der Waals surface area (Å²) in [7, 11) is 0. The summed E-state index contributed by atoms with van der Waals surface area (Å²) in [6, 6.07) is 9.42. The lowest BCUT2D eigenvalue weighted by Crippen LogP contribution is -2.19. The highest BCUT2D eigenvalue weighted by atomic mass is 16.3.